The van der Waals surface area contributed by atoms with Crippen LogP contribution in [-0.4, -0.2) is 74.9 Å². The van der Waals surface area contributed by atoms with Gasteiger partial charge in [-0.1, -0.05) is 206 Å². The highest BCUT2D eigenvalue weighted by molar-refractivity contribution is 7.47. The monoisotopic (exact) mass is 819 g/mol. The molecule has 0 fully saturated rings. The molecule has 0 spiro atoms. The maximum absolute atomic E-state index is 12.7. The lowest BCUT2D eigenvalue weighted by Gasteiger charge is -2.24. The maximum Gasteiger partial charge on any atom is 0.472 e. The number of phosphoric acid groups is 1. The summed E-state index contributed by atoms with van der Waals surface area (Å²) in [6.45, 7) is 4.47. The molecule has 0 aromatic heterocycles. The van der Waals surface area contributed by atoms with Gasteiger partial charge in [-0.3, -0.25) is 18.6 Å². The zero-order valence-electron chi connectivity index (χ0n) is 37.6. The summed E-state index contributed by atoms with van der Waals surface area (Å²) < 4.78 is 34.4. The molecule has 0 aromatic rings. The number of nitrogens with zero attached hydrogens (tertiary/aromatic N) is 1. The van der Waals surface area contributed by atoms with Gasteiger partial charge in [0.15, 0.2) is 6.10 Å². The Kier molecular flexibility index (Phi) is 38.8. The molecule has 9 nitrogen and oxygen atoms in total. The molecule has 1 N–H and O–H groups in total. The van der Waals surface area contributed by atoms with E-state index in [2.05, 4.69) is 13.8 Å². The van der Waals surface area contributed by atoms with Crippen molar-refractivity contribution in [3.05, 3.63) is 0 Å². The van der Waals surface area contributed by atoms with E-state index in [1.54, 1.807) is 0 Å². The number of hydrogen-bond acceptors (Lipinski definition) is 7. The number of esters is 2. The van der Waals surface area contributed by atoms with E-state index in [4.69, 9.17) is 18.5 Å². The van der Waals surface area contributed by atoms with Crippen molar-refractivity contribution >= 4 is 19.8 Å². The fraction of sp³-hybridized carbons (Fsp3) is 0.957. The Bertz CT molecular complexity index is 927. The normalized spacial score (nSPS) is 13.5. The molecular weight excluding hydrogens is 725 g/mol. The van der Waals surface area contributed by atoms with Crippen molar-refractivity contribution < 1.29 is 42.1 Å². The first kappa shape index (κ1) is 55.0. The summed E-state index contributed by atoms with van der Waals surface area (Å²) in [6.07, 6.45) is 40.0. The second-order valence-corrected chi connectivity index (χ2v) is 19.0. The Morgan fingerprint density at radius 1 is 0.482 bits per heavy atom. The van der Waals surface area contributed by atoms with Gasteiger partial charge in [0, 0.05) is 12.8 Å². The number of unbranched alkanes of at least 4 members (excludes halogenated alkanes) is 30. The third-order valence-corrected chi connectivity index (χ3v) is 11.6. The van der Waals surface area contributed by atoms with Gasteiger partial charge in [-0.25, -0.2) is 4.57 Å². The van der Waals surface area contributed by atoms with Crippen molar-refractivity contribution in [1.82, 2.24) is 0 Å². The van der Waals surface area contributed by atoms with Crippen molar-refractivity contribution in [2.24, 2.45) is 0 Å². The van der Waals surface area contributed by atoms with Crippen LogP contribution in [0.25, 0.3) is 0 Å². The second-order valence-electron chi connectivity index (χ2n) is 17.5. The van der Waals surface area contributed by atoms with E-state index < -0.39 is 26.5 Å². The molecule has 2 atom stereocenters. The van der Waals surface area contributed by atoms with Gasteiger partial charge in [0.1, 0.15) is 19.8 Å². The lowest BCUT2D eigenvalue weighted by atomic mass is 10.0. The summed E-state index contributed by atoms with van der Waals surface area (Å²) in [5.41, 5.74) is 0. The predicted molar refractivity (Wildman–Crippen MR) is 234 cm³/mol. The Morgan fingerprint density at radius 3 is 1.14 bits per heavy atom. The second kappa shape index (κ2) is 39.5. The van der Waals surface area contributed by atoms with Crippen LogP contribution < -0.4 is 0 Å². The van der Waals surface area contributed by atoms with E-state index >= 15 is 0 Å². The van der Waals surface area contributed by atoms with E-state index in [0.29, 0.717) is 17.4 Å². The molecule has 0 aliphatic rings. The minimum atomic E-state index is -4.37. The van der Waals surface area contributed by atoms with Crippen LogP contribution >= 0.6 is 7.82 Å². The molecule has 334 valence electrons. The van der Waals surface area contributed by atoms with Gasteiger partial charge in [-0.2, -0.15) is 0 Å². The van der Waals surface area contributed by atoms with E-state index in [1.807, 2.05) is 21.1 Å². The highest BCUT2D eigenvalue weighted by atomic mass is 31.2. The average molecular weight is 819 g/mol. The lowest BCUT2D eigenvalue weighted by Crippen LogP contribution is -2.37. The smallest absolute Gasteiger partial charge is 0.462 e. The number of phosphoric ester groups is 1. The van der Waals surface area contributed by atoms with Crippen molar-refractivity contribution in [3.63, 3.8) is 0 Å². The number of likely N-dealkylation sites (N-methyl/N-ethyl adjacent to an activating group) is 1. The van der Waals surface area contributed by atoms with E-state index in [9.17, 15) is 19.0 Å². The third kappa shape index (κ3) is 42.6. The predicted octanol–water partition coefficient (Wildman–Crippen LogP) is 13.6. The summed E-state index contributed by atoms with van der Waals surface area (Å²) >= 11 is 0. The van der Waals surface area contributed by atoms with E-state index in [0.717, 1.165) is 38.5 Å². The largest absolute Gasteiger partial charge is 0.472 e. The number of carbonyl (C=O) groups is 2. The van der Waals surface area contributed by atoms with Gasteiger partial charge in [0.25, 0.3) is 0 Å². The van der Waals surface area contributed by atoms with Crippen LogP contribution in [0.5, 0.6) is 0 Å². The lowest BCUT2D eigenvalue weighted by molar-refractivity contribution is -0.870. The van der Waals surface area contributed by atoms with Crippen molar-refractivity contribution in [3.8, 4) is 0 Å². The summed E-state index contributed by atoms with van der Waals surface area (Å²) in [6, 6.07) is 0. The number of hydrogen-bond donors (Lipinski definition) is 1. The van der Waals surface area contributed by atoms with Crippen molar-refractivity contribution in [1.29, 1.82) is 0 Å². The number of carbonyl (C=O) groups excluding carboxylic acids is 2. The standard InChI is InChI=1S/C46H92NO8P/c1-6-8-10-12-14-16-18-20-22-24-26-28-30-32-34-36-38-45(48)52-42-44(43-54-56(50,51)53-41-40-47(3,4)5)55-46(49)39-37-35-33-31-29-27-25-23-21-19-17-15-13-11-9-7-2/h44H,6-43H2,1-5H3/p+1. The van der Waals surface area contributed by atoms with Crippen LogP contribution in [0, 0.1) is 0 Å². The molecule has 56 heavy (non-hydrogen) atoms. The highest BCUT2D eigenvalue weighted by Gasteiger charge is 2.27. The molecule has 0 heterocycles. The van der Waals surface area contributed by atoms with Crippen LogP contribution in [0.1, 0.15) is 232 Å². The fourth-order valence-electron chi connectivity index (χ4n) is 6.90. The van der Waals surface area contributed by atoms with Crippen molar-refractivity contribution in [2.45, 2.75) is 238 Å². The van der Waals surface area contributed by atoms with Gasteiger partial charge in [0.05, 0.1) is 27.7 Å². The summed E-state index contributed by atoms with van der Waals surface area (Å²) in [5, 5.41) is 0. The fourth-order valence-corrected chi connectivity index (χ4v) is 7.64. The Morgan fingerprint density at radius 2 is 0.804 bits per heavy atom. The Hall–Kier alpha value is -0.990. The molecule has 10 heteroatoms. The molecule has 0 saturated heterocycles. The molecule has 0 aliphatic heterocycles. The highest BCUT2D eigenvalue weighted by Crippen LogP contribution is 2.43. The van der Waals surface area contributed by atoms with Gasteiger partial charge in [-0.15, -0.1) is 0 Å². The zero-order chi connectivity index (χ0) is 41.4. The Labute approximate surface area is 346 Å². The zero-order valence-corrected chi connectivity index (χ0v) is 38.5. The summed E-state index contributed by atoms with van der Waals surface area (Å²) in [4.78, 5) is 35.4. The maximum atomic E-state index is 12.7. The SMILES string of the molecule is CCCCCCCCCCCCCCCCCCC(=O)OCC(COP(=O)(O)OCC[N+](C)(C)C)OC(=O)CCCCCCCCCCCCCCCCCC. The molecular formula is C46H93NO8P+. The van der Waals surface area contributed by atoms with Crippen LogP contribution in [-0.2, 0) is 32.7 Å². The minimum absolute atomic E-state index is 0.0370. The number of quaternary nitrogens is 1. The third-order valence-electron chi connectivity index (χ3n) is 10.6. The van der Waals surface area contributed by atoms with Gasteiger partial charge < -0.3 is 18.9 Å². The first-order valence-corrected chi connectivity index (χ1v) is 25.3. The van der Waals surface area contributed by atoms with Crippen LogP contribution in [0.3, 0.4) is 0 Å². The minimum Gasteiger partial charge on any atom is -0.462 e. The Balaban J connectivity index is 4.26. The van der Waals surface area contributed by atoms with E-state index in [1.165, 1.54) is 167 Å². The molecule has 0 radical (unpaired) electrons. The molecule has 0 amide bonds. The molecule has 0 aliphatic carbocycles. The molecule has 2 unspecified atom stereocenters. The molecule has 0 rings (SSSR count). The summed E-state index contributed by atoms with van der Waals surface area (Å²) in [5.74, 6) is -0.780. The molecule has 0 aromatic carbocycles. The molecule has 0 saturated carbocycles. The van der Waals surface area contributed by atoms with Crippen LogP contribution in [0.4, 0.5) is 0 Å². The van der Waals surface area contributed by atoms with Crippen LogP contribution in [0.2, 0.25) is 0 Å². The number of ether oxygens (including phenoxy) is 2. The topological polar surface area (TPSA) is 108 Å². The van der Waals surface area contributed by atoms with E-state index in [-0.39, 0.29) is 25.6 Å². The van der Waals surface area contributed by atoms with Gasteiger partial charge >= 0.3 is 19.8 Å². The average Bonchev–Trinajstić information content (AvgIpc) is 3.15. The van der Waals surface area contributed by atoms with Crippen molar-refractivity contribution in [2.75, 3.05) is 47.5 Å². The van der Waals surface area contributed by atoms with Gasteiger partial charge in [-0.05, 0) is 12.8 Å². The van der Waals surface area contributed by atoms with Gasteiger partial charge in [0.2, 0.25) is 0 Å². The quantitative estimate of drug-likeness (QED) is 0.0280. The molecule has 0 bridgehead atoms. The van der Waals surface area contributed by atoms with Crippen LogP contribution in [0.15, 0.2) is 0 Å². The first-order valence-electron chi connectivity index (χ1n) is 23.8. The number of rotatable bonds is 44. The summed E-state index contributed by atoms with van der Waals surface area (Å²) in [7, 11) is 1.49. The first-order chi connectivity index (χ1) is 27.0.